The van der Waals surface area contributed by atoms with Crippen LogP contribution in [0.25, 0.3) is 0 Å². The molecular formula is C20H20N4O6. The smallest absolute Gasteiger partial charge is 0.309 e. The van der Waals surface area contributed by atoms with Crippen molar-refractivity contribution >= 4 is 17.7 Å². The molecular weight excluding hydrogens is 392 g/mol. The van der Waals surface area contributed by atoms with Gasteiger partial charge in [0.1, 0.15) is 6.23 Å². The van der Waals surface area contributed by atoms with Gasteiger partial charge < -0.3 is 29.7 Å². The van der Waals surface area contributed by atoms with E-state index in [-0.39, 0.29) is 25.8 Å². The number of ether oxygens (including phenoxy) is 3. The summed E-state index contributed by atoms with van der Waals surface area (Å²) in [5, 5.41) is 5.00. The first kappa shape index (κ1) is 19.6. The first-order valence-electron chi connectivity index (χ1n) is 9.40. The van der Waals surface area contributed by atoms with Crippen molar-refractivity contribution in [2.45, 2.75) is 12.8 Å². The Balaban J connectivity index is 1.30. The minimum absolute atomic E-state index is 0.00781. The summed E-state index contributed by atoms with van der Waals surface area (Å²) in [5.41, 5.74) is 1.06. The molecule has 30 heavy (non-hydrogen) atoms. The second kappa shape index (κ2) is 8.78. The Morgan fingerprint density at radius 2 is 1.90 bits per heavy atom. The maximum atomic E-state index is 12.8. The lowest BCUT2D eigenvalue weighted by Gasteiger charge is -2.23. The summed E-state index contributed by atoms with van der Waals surface area (Å²) < 4.78 is 16.1. The molecule has 3 amide bonds. The number of amides is 3. The predicted octanol–water partition coefficient (Wildman–Crippen LogP) is 0.0414. The molecule has 10 heteroatoms. The maximum absolute atomic E-state index is 12.8. The van der Waals surface area contributed by atoms with Crippen molar-refractivity contribution in [1.29, 1.82) is 0 Å². The van der Waals surface area contributed by atoms with Crippen molar-refractivity contribution < 1.29 is 28.6 Å². The van der Waals surface area contributed by atoms with E-state index in [1.807, 2.05) is 0 Å². The molecule has 1 aromatic heterocycles. The zero-order valence-corrected chi connectivity index (χ0v) is 16.0. The monoisotopic (exact) mass is 412 g/mol. The van der Waals surface area contributed by atoms with Crippen molar-refractivity contribution in [2.24, 2.45) is 0 Å². The summed E-state index contributed by atoms with van der Waals surface area (Å²) in [6.45, 7) is 0.965. The third-order valence-electron chi connectivity index (χ3n) is 4.67. The Kier molecular flexibility index (Phi) is 5.75. The second-order valence-electron chi connectivity index (χ2n) is 6.61. The van der Waals surface area contributed by atoms with E-state index in [1.165, 1.54) is 4.90 Å². The lowest BCUT2D eigenvalue weighted by molar-refractivity contribution is -0.139. The first-order valence-corrected chi connectivity index (χ1v) is 9.40. The van der Waals surface area contributed by atoms with Crippen LogP contribution in [0.15, 0.2) is 42.6 Å². The van der Waals surface area contributed by atoms with Gasteiger partial charge >= 0.3 is 11.8 Å². The summed E-state index contributed by atoms with van der Waals surface area (Å²) in [7, 11) is 0. The van der Waals surface area contributed by atoms with E-state index in [4.69, 9.17) is 14.2 Å². The SMILES string of the molecule is O=C(NCc1ccccn1)C(=O)NC[C@H]1OCCN1C(=O)c1ccc2c(c1)OCO2. The minimum atomic E-state index is -0.808. The van der Waals surface area contributed by atoms with E-state index in [0.717, 1.165) is 0 Å². The highest BCUT2D eigenvalue weighted by Crippen LogP contribution is 2.33. The molecule has 2 N–H and O–H groups in total. The molecule has 10 nitrogen and oxygen atoms in total. The minimum Gasteiger partial charge on any atom is -0.454 e. The van der Waals surface area contributed by atoms with Gasteiger partial charge in [0.15, 0.2) is 11.5 Å². The topological polar surface area (TPSA) is 119 Å². The van der Waals surface area contributed by atoms with Crippen LogP contribution < -0.4 is 20.1 Å². The second-order valence-corrected chi connectivity index (χ2v) is 6.61. The van der Waals surface area contributed by atoms with Crippen molar-refractivity contribution in [3.63, 3.8) is 0 Å². The fourth-order valence-electron chi connectivity index (χ4n) is 3.13. The van der Waals surface area contributed by atoms with Gasteiger partial charge in [-0.05, 0) is 30.3 Å². The molecule has 0 unspecified atom stereocenters. The summed E-state index contributed by atoms with van der Waals surface area (Å²) in [6, 6.07) is 10.2. The van der Waals surface area contributed by atoms with Crippen LogP contribution in [-0.2, 0) is 20.9 Å². The van der Waals surface area contributed by atoms with E-state index < -0.39 is 18.0 Å². The average molecular weight is 412 g/mol. The van der Waals surface area contributed by atoms with Gasteiger partial charge in [-0.2, -0.15) is 0 Å². The standard InChI is InChI=1S/C20H20N4O6/c25-18(22-10-14-3-1-2-6-21-14)19(26)23-11-17-24(7-8-28-17)20(27)13-4-5-15-16(9-13)30-12-29-15/h1-6,9,17H,7-8,10-12H2,(H,22,25)(H,23,26)/t17-/m1/s1. The molecule has 4 rings (SSSR count). The summed E-state index contributed by atoms with van der Waals surface area (Å²) >= 11 is 0. The molecule has 1 saturated heterocycles. The molecule has 156 valence electrons. The Morgan fingerprint density at radius 3 is 2.73 bits per heavy atom. The molecule has 3 heterocycles. The summed E-state index contributed by atoms with van der Waals surface area (Å²) in [4.78, 5) is 42.5. The molecule has 1 atom stereocenters. The number of rotatable bonds is 5. The van der Waals surface area contributed by atoms with Crippen LogP contribution in [0.1, 0.15) is 16.1 Å². The number of benzene rings is 1. The Bertz CT molecular complexity index is 952. The number of carbonyl (C=O) groups excluding carboxylic acids is 3. The number of hydrogen-bond donors (Lipinski definition) is 2. The van der Waals surface area contributed by atoms with E-state index in [2.05, 4.69) is 15.6 Å². The molecule has 2 aliphatic rings. The molecule has 0 radical (unpaired) electrons. The highest BCUT2D eigenvalue weighted by atomic mass is 16.7. The zero-order chi connectivity index (χ0) is 20.9. The molecule has 0 aliphatic carbocycles. The van der Waals surface area contributed by atoms with Gasteiger partial charge in [-0.25, -0.2) is 0 Å². The zero-order valence-electron chi connectivity index (χ0n) is 16.0. The fourth-order valence-corrected chi connectivity index (χ4v) is 3.13. The van der Waals surface area contributed by atoms with Crippen molar-refractivity contribution in [3.05, 3.63) is 53.9 Å². The average Bonchev–Trinajstić information content (AvgIpc) is 3.44. The summed E-state index contributed by atoms with van der Waals surface area (Å²) in [5.74, 6) is -0.756. The Labute approximate surface area is 172 Å². The van der Waals surface area contributed by atoms with Crippen molar-refractivity contribution in [1.82, 2.24) is 20.5 Å². The fraction of sp³-hybridized carbons (Fsp3) is 0.300. The van der Waals surface area contributed by atoms with E-state index in [9.17, 15) is 14.4 Å². The maximum Gasteiger partial charge on any atom is 0.309 e. The van der Waals surface area contributed by atoms with Gasteiger partial charge in [0, 0.05) is 18.3 Å². The van der Waals surface area contributed by atoms with Crippen LogP contribution in [0.4, 0.5) is 0 Å². The highest BCUT2D eigenvalue weighted by Gasteiger charge is 2.32. The van der Waals surface area contributed by atoms with Crippen LogP contribution in [-0.4, -0.2) is 60.3 Å². The number of carbonyl (C=O) groups is 3. The van der Waals surface area contributed by atoms with Crippen LogP contribution in [0.2, 0.25) is 0 Å². The quantitative estimate of drug-likeness (QED) is 0.666. The summed E-state index contributed by atoms with van der Waals surface area (Å²) in [6.07, 6.45) is 0.931. The molecule has 0 saturated carbocycles. The largest absolute Gasteiger partial charge is 0.454 e. The molecule has 0 spiro atoms. The van der Waals surface area contributed by atoms with Gasteiger partial charge in [0.05, 0.1) is 25.4 Å². The van der Waals surface area contributed by atoms with Gasteiger partial charge in [-0.15, -0.1) is 0 Å². The van der Waals surface area contributed by atoms with Crippen LogP contribution in [0.3, 0.4) is 0 Å². The van der Waals surface area contributed by atoms with Crippen LogP contribution >= 0.6 is 0 Å². The first-order chi connectivity index (χ1) is 14.6. The van der Waals surface area contributed by atoms with Gasteiger partial charge in [-0.3, -0.25) is 19.4 Å². The molecule has 0 bridgehead atoms. The number of nitrogens with zero attached hydrogens (tertiary/aromatic N) is 2. The lowest BCUT2D eigenvalue weighted by Crippen LogP contribution is -2.47. The molecule has 1 aromatic carbocycles. The molecule has 1 fully saturated rings. The molecule has 2 aromatic rings. The van der Waals surface area contributed by atoms with Crippen molar-refractivity contribution in [3.8, 4) is 11.5 Å². The normalized spacial score (nSPS) is 16.9. The third-order valence-corrected chi connectivity index (χ3v) is 4.67. The van der Waals surface area contributed by atoms with Crippen LogP contribution in [0.5, 0.6) is 11.5 Å². The number of aromatic nitrogens is 1. The predicted molar refractivity (Wildman–Crippen MR) is 102 cm³/mol. The van der Waals surface area contributed by atoms with E-state index in [0.29, 0.717) is 35.9 Å². The highest BCUT2D eigenvalue weighted by molar-refractivity contribution is 6.35. The Morgan fingerprint density at radius 1 is 1.07 bits per heavy atom. The van der Waals surface area contributed by atoms with Crippen LogP contribution in [0, 0.1) is 0 Å². The van der Waals surface area contributed by atoms with E-state index in [1.54, 1.807) is 42.6 Å². The number of pyridine rings is 1. The van der Waals surface area contributed by atoms with Gasteiger partial charge in [-0.1, -0.05) is 6.07 Å². The van der Waals surface area contributed by atoms with Gasteiger partial charge in [0.25, 0.3) is 5.91 Å². The third kappa shape index (κ3) is 4.33. The number of fused-ring (bicyclic) bond motifs is 1. The van der Waals surface area contributed by atoms with Gasteiger partial charge in [0.2, 0.25) is 6.79 Å². The number of nitrogens with one attached hydrogen (secondary N) is 2. The van der Waals surface area contributed by atoms with E-state index >= 15 is 0 Å². The molecule has 2 aliphatic heterocycles. The van der Waals surface area contributed by atoms with Crippen molar-refractivity contribution in [2.75, 3.05) is 26.5 Å². The lowest BCUT2D eigenvalue weighted by atomic mass is 10.1. The number of hydrogen-bond acceptors (Lipinski definition) is 7. The Hall–Kier alpha value is -3.66.